The van der Waals surface area contributed by atoms with Gasteiger partial charge in [0.25, 0.3) is 5.56 Å². The van der Waals surface area contributed by atoms with Gasteiger partial charge in [0.2, 0.25) is 5.95 Å². The Hall–Kier alpha value is -3.16. The van der Waals surface area contributed by atoms with E-state index in [-0.39, 0.29) is 17.4 Å². The first-order valence-corrected chi connectivity index (χ1v) is 9.92. The van der Waals surface area contributed by atoms with Crippen LogP contribution >= 0.6 is 0 Å². The predicted octanol–water partition coefficient (Wildman–Crippen LogP) is 2.52. The van der Waals surface area contributed by atoms with Crippen LogP contribution in [0.25, 0.3) is 16.7 Å². The van der Waals surface area contributed by atoms with Crippen molar-refractivity contribution in [3.05, 3.63) is 46.9 Å². The fourth-order valence-corrected chi connectivity index (χ4v) is 3.98. The number of nitrogens with one attached hydrogen (secondary N) is 1. The molecule has 1 atom stereocenters. The number of hydrogen-bond donors (Lipinski definition) is 1. The van der Waals surface area contributed by atoms with Gasteiger partial charge in [-0.3, -0.25) is 14.6 Å². The molecule has 29 heavy (non-hydrogen) atoms. The van der Waals surface area contributed by atoms with E-state index in [0.29, 0.717) is 43.1 Å². The van der Waals surface area contributed by atoms with Crippen molar-refractivity contribution < 1.29 is 9.53 Å². The summed E-state index contributed by atoms with van der Waals surface area (Å²) in [5.74, 6) is 0.374. The second kappa shape index (κ2) is 7.35. The van der Waals surface area contributed by atoms with E-state index in [2.05, 4.69) is 10.1 Å². The van der Waals surface area contributed by atoms with Gasteiger partial charge in [0.05, 0.1) is 23.9 Å². The third-order valence-corrected chi connectivity index (χ3v) is 5.81. The number of carbonyl (C=O) groups excluding carboxylic acids is 1. The van der Waals surface area contributed by atoms with Gasteiger partial charge in [-0.1, -0.05) is 32.0 Å². The predicted molar refractivity (Wildman–Crippen MR) is 110 cm³/mol. The molecule has 1 fully saturated rings. The van der Waals surface area contributed by atoms with E-state index in [9.17, 15) is 9.59 Å². The van der Waals surface area contributed by atoms with Gasteiger partial charge in [0.15, 0.2) is 5.65 Å². The molecule has 1 saturated heterocycles. The average molecular weight is 395 g/mol. The molecule has 8 nitrogen and oxygen atoms in total. The normalized spacial score (nSPS) is 19.2. The topological polar surface area (TPSA) is 93.1 Å². The molecule has 8 heteroatoms. The Morgan fingerprint density at radius 3 is 2.76 bits per heavy atom. The minimum absolute atomic E-state index is 0.108. The number of para-hydroxylation sites is 1. The molecule has 3 aromatic rings. The van der Waals surface area contributed by atoms with Crippen molar-refractivity contribution in [1.82, 2.24) is 19.7 Å². The highest BCUT2D eigenvalue weighted by Gasteiger charge is 2.48. The minimum atomic E-state index is -0.608. The summed E-state index contributed by atoms with van der Waals surface area (Å²) in [4.78, 5) is 34.9. The maximum absolute atomic E-state index is 12.7. The third kappa shape index (κ3) is 3.18. The Bertz CT molecular complexity index is 1090. The van der Waals surface area contributed by atoms with Crippen LogP contribution in [0.5, 0.6) is 0 Å². The Morgan fingerprint density at radius 1 is 1.31 bits per heavy atom. The van der Waals surface area contributed by atoms with Crippen molar-refractivity contribution in [2.45, 2.75) is 27.2 Å². The number of ether oxygens (including phenoxy) is 1. The van der Waals surface area contributed by atoms with Crippen molar-refractivity contribution in [3.8, 4) is 5.69 Å². The maximum Gasteiger partial charge on any atom is 0.314 e. The van der Waals surface area contributed by atoms with Gasteiger partial charge in [-0.2, -0.15) is 10.1 Å². The number of rotatable bonds is 5. The lowest BCUT2D eigenvalue weighted by Gasteiger charge is -2.30. The zero-order valence-electron chi connectivity index (χ0n) is 16.9. The molecule has 3 heterocycles. The van der Waals surface area contributed by atoms with E-state index < -0.39 is 5.41 Å². The summed E-state index contributed by atoms with van der Waals surface area (Å²) in [6.45, 7) is 7.30. The summed E-state index contributed by atoms with van der Waals surface area (Å²) in [7, 11) is 0. The lowest BCUT2D eigenvalue weighted by molar-refractivity contribution is -0.156. The summed E-state index contributed by atoms with van der Waals surface area (Å²) >= 11 is 0. The molecular formula is C21H25N5O3. The number of aromatic nitrogens is 4. The number of benzene rings is 1. The standard InChI is InChI=1S/C21H25N5O3/c1-4-29-19(28)21(14(2)3)10-11-25(13-21)20-23-17-16(18(27)24-20)12-22-26(17)15-8-6-5-7-9-15/h5-9,12,14H,4,10-11,13H2,1-3H3,(H,23,24,27). The van der Waals surface area contributed by atoms with Crippen LogP contribution in [-0.4, -0.2) is 45.4 Å². The maximum atomic E-state index is 12.7. The molecular weight excluding hydrogens is 370 g/mol. The number of fused-ring (bicyclic) bond motifs is 1. The fraction of sp³-hybridized carbons (Fsp3) is 0.429. The largest absolute Gasteiger partial charge is 0.466 e. The van der Waals surface area contributed by atoms with Gasteiger partial charge in [-0.25, -0.2) is 4.68 Å². The lowest BCUT2D eigenvalue weighted by Crippen LogP contribution is -2.41. The molecule has 0 radical (unpaired) electrons. The molecule has 0 spiro atoms. The van der Waals surface area contributed by atoms with Crippen LogP contribution in [0.15, 0.2) is 41.3 Å². The van der Waals surface area contributed by atoms with Gasteiger partial charge in [0.1, 0.15) is 5.39 Å². The Morgan fingerprint density at radius 2 is 2.07 bits per heavy atom. The van der Waals surface area contributed by atoms with E-state index >= 15 is 0 Å². The second-order valence-corrected chi connectivity index (χ2v) is 7.72. The Labute approximate surface area is 168 Å². The summed E-state index contributed by atoms with van der Waals surface area (Å²) in [6.07, 6.45) is 2.18. The molecule has 1 aliphatic rings. The van der Waals surface area contributed by atoms with Gasteiger partial charge in [-0.15, -0.1) is 0 Å². The van der Waals surface area contributed by atoms with Gasteiger partial charge in [0, 0.05) is 13.1 Å². The van der Waals surface area contributed by atoms with Crippen LogP contribution in [0.1, 0.15) is 27.2 Å². The number of hydrogen-bond acceptors (Lipinski definition) is 6. The smallest absolute Gasteiger partial charge is 0.314 e. The van der Waals surface area contributed by atoms with Gasteiger partial charge >= 0.3 is 5.97 Å². The van der Waals surface area contributed by atoms with Gasteiger partial charge in [-0.05, 0) is 31.4 Å². The molecule has 0 bridgehead atoms. The van der Waals surface area contributed by atoms with Crippen molar-refractivity contribution in [2.75, 3.05) is 24.6 Å². The first kappa shape index (κ1) is 19.2. The number of esters is 1. The molecule has 0 aliphatic carbocycles. The first-order valence-electron chi connectivity index (χ1n) is 9.92. The zero-order valence-corrected chi connectivity index (χ0v) is 16.9. The van der Waals surface area contributed by atoms with Crippen LogP contribution < -0.4 is 10.5 Å². The van der Waals surface area contributed by atoms with E-state index in [1.165, 1.54) is 6.20 Å². The Balaban J connectivity index is 1.74. The molecule has 152 valence electrons. The van der Waals surface area contributed by atoms with E-state index in [1.54, 1.807) is 4.68 Å². The van der Waals surface area contributed by atoms with Crippen LogP contribution in [0, 0.1) is 11.3 Å². The highest BCUT2D eigenvalue weighted by molar-refractivity contribution is 5.80. The highest BCUT2D eigenvalue weighted by atomic mass is 16.5. The van der Waals surface area contributed by atoms with E-state index in [0.717, 1.165) is 5.69 Å². The third-order valence-electron chi connectivity index (χ3n) is 5.81. The van der Waals surface area contributed by atoms with Crippen LogP contribution in [-0.2, 0) is 9.53 Å². The molecule has 1 aromatic carbocycles. The number of carbonyl (C=O) groups is 1. The lowest BCUT2D eigenvalue weighted by atomic mass is 9.76. The molecule has 1 N–H and O–H groups in total. The van der Waals surface area contributed by atoms with Crippen molar-refractivity contribution in [3.63, 3.8) is 0 Å². The van der Waals surface area contributed by atoms with Crippen molar-refractivity contribution >= 4 is 23.0 Å². The summed E-state index contributed by atoms with van der Waals surface area (Å²) < 4.78 is 7.02. The van der Waals surface area contributed by atoms with Crippen LogP contribution in [0.4, 0.5) is 5.95 Å². The highest BCUT2D eigenvalue weighted by Crippen LogP contribution is 2.40. The number of H-pyrrole nitrogens is 1. The van der Waals surface area contributed by atoms with Gasteiger partial charge < -0.3 is 9.64 Å². The SMILES string of the molecule is CCOC(=O)C1(C(C)C)CCN(c2nc3c(cnn3-c3ccccc3)c(=O)[nH]2)C1. The Kier molecular flexibility index (Phi) is 4.86. The molecule has 0 saturated carbocycles. The minimum Gasteiger partial charge on any atom is -0.466 e. The van der Waals surface area contributed by atoms with Crippen LogP contribution in [0.3, 0.4) is 0 Å². The molecule has 0 amide bonds. The number of nitrogens with zero attached hydrogens (tertiary/aromatic N) is 4. The fourth-order valence-electron chi connectivity index (χ4n) is 3.98. The average Bonchev–Trinajstić information content (AvgIpc) is 3.35. The van der Waals surface area contributed by atoms with E-state index in [1.807, 2.05) is 56.0 Å². The number of aromatic amines is 1. The zero-order chi connectivity index (χ0) is 20.6. The van der Waals surface area contributed by atoms with Crippen molar-refractivity contribution in [2.24, 2.45) is 11.3 Å². The molecule has 1 unspecified atom stereocenters. The summed E-state index contributed by atoms with van der Waals surface area (Å²) in [5, 5.41) is 4.77. The monoisotopic (exact) mass is 395 g/mol. The van der Waals surface area contributed by atoms with E-state index in [4.69, 9.17) is 9.72 Å². The summed E-state index contributed by atoms with van der Waals surface area (Å²) in [5.41, 5.74) is 0.470. The molecule has 2 aromatic heterocycles. The molecule has 1 aliphatic heterocycles. The second-order valence-electron chi connectivity index (χ2n) is 7.72. The quantitative estimate of drug-likeness (QED) is 0.668. The first-order chi connectivity index (χ1) is 14.0. The van der Waals surface area contributed by atoms with Crippen molar-refractivity contribution in [1.29, 1.82) is 0 Å². The number of anilines is 1. The molecule has 4 rings (SSSR count). The van der Waals surface area contributed by atoms with Crippen LogP contribution in [0.2, 0.25) is 0 Å². The summed E-state index contributed by atoms with van der Waals surface area (Å²) in [6, 6.07) is 9.57.